The maximum atomic E-state index is 4.36. The van der Waals surface area contributed by atoms with Crippen LogP contribution in [0.2, 0.25) is 0 Å². The Bertz CT molecular complexity index is 556. The first-order valence-electron chi connectivity index (χ1n) is 7.37. The van der Waals surface area contributed by atoms with Gasteiger partial charge in [0.05, 0.1) is 11.2 Å². The molecule has 1 unspecified atom stereocenters. The Morgan fingerprint density at radius 2 is 2.14 bits per heavy atom. The van der Waals surface area contributed by atoms with Crippen LogP contribution >= 0.6 is 23.7 Å². The molecule has 7 heteroatoms. The summed E-state index contributed by atoms with van der Waals surface area (Å²) >= 11 is 1.75. The second-order valence-electron chi connectivity index (χ2n) is 5.64. The molecule has 5 nitrogen and oxygen atoms in total. The van der Waals surface area contributed by atoms with Gasteiger partial charge in [-0.3, -0.25) is 4.90 Å². The van der Waals surface area contributed by atoms with Gasteiger partial charge in [-0.2, -0.15) is 0 Å². The molecule has 1 saturated heterocycles. The first-order chi connectivity index (χ1) is 10.3. The molecule has 2 aromatic heterocycles. The predicted molar refractivity (Wildman–Crippen MR) is 91.2 cm³/mol. The lowest BCUT2D eigenvalue weighted by Crippen LogP contribution is -2.30. The van der Waals surface area contributed by atoms with E-state index in [-0.39, 0.29) is 12.4 Å². The molecule has 0 aromatic carbocycles. The summed E-state index contributed by atoms with van der Waals surface area (Å²) in [5.41, 5.74) is 4.26. The van der Waals surface area contributed by atoms with Gasteiger partial charge in [-0.1, -0.05) is 0 Å². The van der Waals surface area contributed by atoms with Gasteiger partial charge in [-0.05, 0) is 32.4 Å². The predicted octanol–water partition coefficient (Wildman–Crippen LogP) is 2.28. The van der Waals surface area contributed by atoms with Crippen molar-refractivity contribution in [1.29, 1.82) is 0 Å². The van der Waals surface area contributed by atoms with Crippen LogP contribution in [0.15, 0.2) is 24.2 Å². The first-order valence-corrected chi connectivity index (χ1v) is 8.25. The van der Waals surface area contributed by atoms with E-state index in [1.165, 1.54) is 16.9 Å². The lowest BCUT2D eigenvalue weighted by atomic mass is 10.1. The van der Waals surface area contributed by atoms with Crippen LogP contribution in [0.5, 0.6) is 0 Å². The van der Waals surface area contributed by atoms with Crippen molar-refractivity contribution in [2.75, 3.05) is 19.6 Å². The van der Waals surface area contributed by atoms with Gasteiger partial charge in [0, 0.05) is 42.5 Å². The monoisotopic (exact) mass is 339 g/mol. The number of hydrogen-bond donors (Lipinski definition) is 1. The fourth-order valence-corrected chi connectivity index (χ4v) is 3.59. The summed E-state index contributed by atoms with van der Waals surface area (Å²) in [6.45, 7) is 7.33. The van der Waals surface area contributed by atoms with Crippen molar-refractivity contribution in [2.24, 2.45) is 5.92 Å². The number of nitrogens with zero attached hydrogens (tertiary/aromatic N) is 4. The number of thiazole rings is 1. The second-order valence-corrected chi connectivity index (χ2v) is 6.58. The molecular weight excluding hydrogens is 318 g/mol. The molecule has 0 aliphatic carbocycles. The average molecular weight is 340 g/mol. The molecule has 3 heterocycles. The van der Waals surface area contributed by atoms with E-state index in [9.17, 15) is 0 Å². The van der Waals surface area contributed by atoms with Gasteiger partial charge in [0.15, 0.2) is 0 Å². The number of rotatable bonds is 6. The molecule has 2 aromatic rings. The molecule has 1 N–H and O–H groups in total. The highest BCUT2D eigenvalue weighted by Gasteiger charge is 2.19. The molecule has 0 radical (unpaired) electrons. The van der Waals surface area contributed by atoms with Gasteiger partial charge in [0.2, 0.25) is 0 Å². The summed E-state index contributed by atoms with van der Waals surface area (Å²) in [4.78, 5) is 16.5. The Labute approximate surface area is 141 Å². The summed E-state index contributed by atoms with van der Waals surface area (Å²) in [5.74, 6) is 0.739. The van der Waals surface area contributed by atoms with E-state index in [1.54, 1.807) is 17.7 Å². The highest BCUT2D eigenvalue weighted by Crippen LogP contribution is 2.19. The SMILES string of the molecule is Cc1ncsc1CN(Cc1cncnc1)CC1CCNC1.Cl. The van der Waals surface area contributed by atoms with Crippen LogP contribution in [0, 0.1) is 12.8 Å². The molecule has 0 amide bonds. The zero-order valence-corrected chi connectivity index (χ0v) is 14.4. The third kappa shape index (κ3) is 4.71. The number of aromatic nitrogens is 3. The lowest BCUT2D eigenvalue weighted by molar-refractivity contribution is 0.221. The van der Waals surface area contributed by atoms with E-state index < -0.39 is 0 Å². The van der Waals surface area contributed by atoms with Gasteiger partial charge in [-0.15, -0.1) is 23.7 Å². The molecule has 1 aliphatic rings. The Morgan fingerprint density at radius 1 is 1.32 bits per heavy atom. The summed E-state index contributed by atoms with van der Waals surface area (Å²) in [6.07, 6.45) is 6.67. The summed E-state index contributed by atoms with van der Waals surface area (Å²) in [5, 5.41) is 3.45. The fourth-order valence-electron chi connectivity index (χ4n) is 2.77. The second kappa shape index (κ2) is 8.53. The molecule has 1 atom stereocenters. The summed E-state index contributed by atoms with van der Waals surface area (Å²) < 4.78 is 0. The van der Waals surface area contributed by atoms with E-state index in [1.807, 2.05) is 17.9 Å². The molecule has 3 rings (SSSR count). The Hall–Kier alpha value is -1.08. The third-order valence-corrected chi connectivity index (χ3v) is 4.83. The van der Waals surface area contributed by atoms with Crippen LogP contribution in [0.3, 0.4) is 0 Å². The van der Waals surface area contributed by atoms with Crippen molar-refractivity contribution in [1.82, 2.24) is 25.2 Å². The molecule has 0 saturated carbocycles. The van der Waals surface area contributed by atoms with E-state index in [0.717, 1.165) is 44.3 Å². The highest BCUT2D eigenvalue weighted by molar-refractivity contribution is 7.09. The van der Waals surface area contributed by atoms with Crippen LogP contribution in [0.1, 0.15) is 22.6 Å². The van der Waals surface area contributed by atoms with Crippen molar-refractivity contribution >= 4 is 23.7 Å². The van der Waals surface area contributed by atoms with Crippen molar-refractivity contribution in [3.8, 4) is 0 Å². The van der Waals surface area contributed by atoms with E-state index in [2.05, 4.69) is 32.1 Å². The van der Waals surface area contributed by atoms with Gasteiger partial charge in [0.1, 0.15) is 6.33 Å². The Morgan fingerprint density at radius 3 is 2.77 bits per heavy atom. The minimum absolute atomic E-state index is 0. The topological polar surface area (TPSA) is 53.9 Å². The van der Waals surface area contributed by atoms with Crippen LogP contribution < -0.4 is 5.32 Å². The van der Waals surface area contributed by atoms with Gasteiger partial charge >= 0.3 is 0 Å². The van der Waals surface area contributed by atoms with Crippen molar-refractivity contribution < 1.29 is 0 Å². The van der Waals surface area contributed by atoms with Gasteiger partial charge in [-0.25, -0.2) is 15.0 Å². The van der Waals surface area contributed by atoms with Gasteiger partial charge in [0.25, 0.3) is 0 Å². The van der Waals surface area contributed by atoms with Crippen molar-refractivity contribution in [2.45, 2.75) is 26.4 Å². The van der Waals surface area contributed by atoms with E-state index in [0.29, 0.717) is 0 Å². The summed E-state index contributed by atoms with van der Waals surface area (Å²) in [7, 11) is 0. The first kappa shape index (κ1) is 17.3. The maximum Gasteiger partial charge on any atom is 0.115 e. The zero-order chi connectivity index (χ0) is 14.5. The quantitative estimate of drug-likeness (QED) is 0.875. The Balaban J connectivity index is 0.00000176. The molecule has 1 aliphatic heterocycles. The molecule has 0 bridgehead atoms. The molecular formula is C15H22ClN5S. The molecule has 1 fully saturated rings. The highest BCUT2D eigenvalue weighted by atomic mass is 35.5. The zero-order valence-electron chi connectivity index (χ0n) is 12.7. The fraction of sp³-hybridized carbons (Fsp3) is 0.533. The molecule has 120 valence electrons. The number of halogens is 1. The smallest absolute Gasteiger partial charge is 0.115 e. The van der Waals surface area contributed by atoms with Crippen molar-refractivity contribution in [3.05, 3.63) is 40.4 Å². The molecule has 0 spiro atoms. The number of aryl methyl sites for hydroxylation is 1. The average Bonchev–Trinajstić information content (AvgIpc) is 3.13. The third-order valence-electron chi connectivity index (χ3n) is 3.91. The standard InChI is InChI=1S/C15H21N5S.ClH/c1-12-15(21-11-19-12)9-20(7-13-2-3-16-4-13)8-14-5-17-10-18-6-14;/h5-6,10-11,13,16H,2-4,7-9H2,1H3;1H. The van der Waals surface area contributed by atoms with E-state index in [4.69, 9.17) is 0 Å². The maximum absolute atomic E-state index is 4.36. The minimum atomic E-state index is 0. The number of nitrogens with one attached hydrogen (secondary N) is 1. The van der Waals surface area contributed by atoms with Crippen LogP contribution in [-0.4, -0.2) is 39.5 Å². The normalized spacial score (nSPS) is 17.6. The minimum Gasteiger partial charge on any atom is -0.316 e. The Kier molecular flexibility index (Phi) is 6.70. The van der Waals surface area contributed by atoms with E-state index >= 15 is 0 Å². The molecule has 22 heavy (non-hydrogen) atoms. The van der Waals surface area contributed by atoms with Crippen LogP contribution in [0.25, 0.3) is 0 Å². The number of hydrogen-bond acceptors (Lipinski definition) is 6. The summed E-state index contributed by atoms with van der Waals surface area (Å²) in [6, 6.07) is 0. The van der Waals surface area contributed by atoms with Crippen LogP contribution in [0.4, 0.5) is 0 Å². The van der Waals surface area contributed by atoms with Gasteiger partial charge < -0.3 is 5.32 Å². The largest absolute Gasteiger partial charge is 0.316 e. The lowest BCUT2D eigenvalue weighted by Gasteiger charge is -2.24. The van der Waals surface area contributed by atoms with Crippen molar-refractivity contribution in [3.63, 3.8) is 0 Å². The van der Waals surface area contributed by atoms with Crippen LogP contribution in [-0.2, 0) is 13.1 Å².